The number of ether oxygens (including phenoxy) is 1. The third kappa shape index (κ3) is 3.82. The first-order valence-corrected chi connectivity index (χ1v) is 5.95. The summed E-state index contributed by atoms with van der Waals surface area (Å²) in [6, 6.07) is 6.01. The number of carbonyl (C=O) groups excluding carboxylic acids is 1. The molecule has 4 atom stereocenters. The zero-order valence-corrected chi connectivity index (χ0v) is 11.1. The molecule has 1 heterocycles. The van der Waals surface area contributed by atoms with Gasteiger partial charge in [-0.1, -0.05) is 24.3 Å². The minimum Gasteiger partial charge on any atom is -0.545 e. The molecule has 0 saturated carbocycles. The molecule has 0 amide bonds. The van der Waals surface area contributed by atoms with E-state index in [1.807, 2.05) is 0 Å². The van der Waals surface area contributed by atoms with Crippen molar-refractivity contribution in [1.29, 1.82) is 0 Å². The summed E-state index contributed by atoms with van der Waals surface area (Å²) in [6.07, 6.45) is -3.82. The zero-order valence-electron chi connectivity index (χ0n) is 11.1. The molecule has 3 N–H and O–H groups in total. The number of hydrogen-bond donors (Lipinski definition) is 3. The molecule has 1 saturated heterocycles. The van der Waals surface area contributed by atoms with E-state index in [1.165, 1.54) is 12.1 Å². The number of hydrogen-bond acceptors (Lipinski definition) is 6. The van der Waals surface area contributed by atoms with Crippen LogP contribution in [0.25, 0.3) is 0 Å². The van der Waals surface area contributed by atoms with Crippen LogP contribution < -0.4 is 24.0 Å². The van der Waals surface area contributed by atoms with Crippen LogP contribution in [0.3, 0.4) is 0 Å². The summed E-state index contributed by atoms with van der Waals surface area (Å²) in [5, 5.41) is 39.2. The second-order valence-electron chi connectivity index (χ2n) is 4.61. The molecule has 0 aliphatic carbocycles. The summed E-state index contributed by atoms with van der Waals surface area (Å²) in [7, 11) is 0. The maximum absolute atomic E-state index is 10.6. The van der Waals surface area contributed by atoms with Crippen LogP contribution in [-0.2, 0) is 11.2 Å². The standard InChI is InChI=1S/C13H16O6.Li/c14-9-6-19-10(12(16)11(9)15)5-7-1-3-8(4-2-7)13(17)18;/h1-4,9-12,14-16H,5-6H2,(H,17,18);/q;+1/p-1/t9-,10-,11+,12+;/m1./s1. The van der Waals surface area contributed by atoms with Crippen LogP contribution in [0.15, 0.2) is 24.3 Å². The molecule has 7 heteroatoms. The Morgan fingerprint density at radius 3 is 2.35 bits per heavy atom. The molecule has 0 bridgehead atoms. The summed E-state index contributed by atoms with van der Waals surface area (Å²) in [5.74, 6) is -1.25. The first-order valence-electron chi connectivity index (χ1n) is 5.95. The molecule has 104 valence electrons. The Bertz CT molecular complexity index is 449. The van der Waals surface area contributed by atoms with Gasteiger partial charge in [-0.25, -0.2) is 0 Å². The predicted molar refractivity (Wildman–Crippen MR) is 62.2 cm³/mol. The van der Waals surface area contributed by atoms with Crippen LogP contribution in [0.2, 0.25) is 0 Å². The molecule has 1 aliphatic heterocycles. The van der Waals surface area contributed by atoms with Crippen molar-refractivity contribution in [2.75, 3.05) is 6.61 Å². The minimum absolute atomic E-state index is 0. The molecule has 1 aromatic rings. The van der Waals surface area contributed by atoms with Gasteiger partial charge in [0.1, 0.15) is 18.3 Å². The molecule has 1 aliphatic rings. The number of aliphatic hydroxyl groups excluding tert-OH is 3. The van der Waals surface area contributed by atoms with Crippen LogP contribution in [0.5, 0.6) is 0 Å². The van der Waals surface area contributed by atoms with Crippen LogP contribution in [0.4, 0.5) is 0 Å². The van der Waals surface area contributed by atoms with E-state index in [4.69, 9.17) is 4.74 Å². The Morgan fingerprint density at radius 1 is 1.20 bits per heavy atom. The Morgan fingerprint density at radius 2 is 1.80 bits per heavy atom. The molecule has 6 nitrogen and oxygen atoms in total. The SMILES string of the molecule is O=C([O-])c1ccc(C[C@H]2OC[C@@H](O)[C@H](O)[C@H]2O)cc1.[Li+]. The first-order chi connectivity index (χ1) is 8.99. The second kappa shape index (κ2) is 7.23. The third-order valence-corrected chi connectivity index (χ3v) is 3.23. The van der Waals surface area contributed by atoms with Crippen molar-refractivity contribution >= 4 is 5.97 Å². The van der Waals surface area contributed by atoms with E-state index in [-0.39, 0.29) is 31.0 Å². The Balaban J connectivity index is 0.00000200. The number of carboxylic acids is 1. The summed E-state index contributed by atoms with van der Waals surface area (Å²) < 4.78 is 5.27. The maximum atomic E-state index is 10.6. The van der Waals surface area contributed by atoms with Gasteiger partial charge in [0.15, 0.2) is 0 Å². The summed E-state index contributed by atoms with van der Waals surface area (Å²) in [4.78, 5) is 10.6. The number of rotatable bonds is 3. The first kappa shape index (κ1) is 17.2. The second-order valence-corrected chi connectivity index (χ2v) is 4.61. The van der Waals surface area contributed by atoms with Crippen molar-refractivity contribution in [2.24, 2.45) is 0 Å². The van der Waals surface area contributed by atoms with Crippen molar-refractivity contribution < 1.29 is 48.8 Å². The topological polar surface area (TPSA) is 110 Å². The molecule has 0 aromatic heterocycles. The fraction of sp³-hybridized carbons (Fsp3) is 0.462. The van der Waals surface area contributed by atoms with E-state index >= 15 is 0 Å². The number of aromatic carboxylic acids is 1. The number of carbonyl (C=O) groups is 1. The monoisotopic (exact) mass is 274 g/mol. The Hall–Kier alpha value is -0.873. The molecule has 0 radical (unpaired) electrons. The normalized spacial score (nSPS) is 29.6. The fourth-order valence-corrected chi connectivity index (χ4v) is 2.06. The average Bonchev–Trinajstić information content (AvgIpc) is 2.40. The molecule has 0 spiro atoms. The summed E-state index contributed by atoms with van der Waals surface area (Å²) in [6.45, 7) is -0.0416. The minimum atomic E-state index is -1.25. The Kier molecular flexibility index (Phi) is 6.21. The maximum Gasteiger partial charge on any atom is 1.00 e. The van der Waals surface area contributed by atoms with Crippen LogP contribution in [0, 0.1) is 0 Å². The quantitative estimate of drug-likeness (QED) is 0.476. The third-order valence-electron chi connectivity index (χ3n) is 3.23. The van der Waals surface area contributed by atoms with Crippen molar-refractivity contribution in [3.05, 3.63) is 35.4 Å². The molecule has 0 unspecified atom stereocenters. The molecule has 20 heavy (non-hydrogen) atoms. The van der Waals surface area contributed by atoms with Gasteiger partial charge in [-0.3, -0.25) is 0 Å². The van der Waals surface area contributed by atoms with Crippen molar-refractivity contribution in [1.82, 2.24) is 0 Å². The Labute approximate surface area is 128 Å². The van der Waals surface area contributed by atoms with E-state index in [0.717, 1.165) is 5.56 Å². The van der Waals surface area contributed by atoms with Crippen molar-refractivity contribution in [3.8, 4) is 0 Å². The fourth-order valence-electron chi connectivity index (χ4n) is 2.06. The summed E-state index contributed by atoms with van der Waals surface area (Å²) >= 11 is 0. The zero-order chi connectivity index (χ0) is 14.0. The van der Waals surface area contributed by atoms with E-state index in [9.17, 15) is 25.2 Å². The predicted octanol–water partition coefficient (Wildman–Crippen LogP) is -4.92. The number of benzene rings is 1. The van der Waals surface area contributed by atoms with Gasteiger partial charge in [0.25, 0.3) is 0 Å². The van der Waals surface area contributed by atoms with Gasteiger partial charge < -0.3 is 30.0 Å². The van der Waals surface area contributed by atoms with Crippen molar-refractivity contribution in [2.45, 2.75) is 30.8 Å². The largest absolute Gasteiger partial charge is 1.00 e. The molecule has 1 fully saturated rings. The van der Waals surface area contributed by atoms with Gasteiger partial charge in [-0.2, -0.15) is 0 Å². The molecular formula is C13H15LiO6. The molecule has 2 rings (SSSR count). The van der Waals surface area contributed by atoms with E-state index in [0.29, 0.717) is 6.42 Å². The van der Waals surface area contributed by atoms with Gasteiger partial charge in [0.2, 0.25) is 0 Å². The van der Waals surface area contributed by atoms with Gasteiger partial charge in [-0.15, -0.1) is 0 Å². The number of carboxylic acid groups (broad SMARTS) is 1. The van der Waals surface area contributed by atoms with Crippen LogP contribution >= 0.6 is 0 Å². The molecule has 1 aromatic carbocycles. The van der Waals surface area contributed by atoms with Gasteiger partial charge >= 0.3 is 18.9 Å². The van der Waals surface area contributed by atoms with Gasteiger partial charge in [0.05, 0.1) is 18.7 Å². The van der Waals surface area contributed by atoms with E-state index in [2.05, 4.69) is 0 Å². The molecular weight excluding hydrogens is 259 g/mol. The van der Waals surface area contributed by atoms with Crippen LogP contribution in [0.1, 0.15) is 15.9 Å². The van der Waals surface area contributed by atoms with Gasteiger partial charge in [-0.05, 0) is 11.1 Å². The number of aliphatic hydroxyl groups is 3. The van der Waals surface area contributed by atoms with E-state index in [1.54, 1.807) is 12.1 Å². The van der Waals surface area contributed by atoms with Gasteiger partial charge in [0, 0.05) is 6.42 Å². The van der Waals surface area contributed by atoms with E-state index < -0.39 is 30.4 Å². The summed E-state index contributed by atoms with van der Waals surface area (Å²) in [5.41, 5.74) is 0.835. The van der Waals surface area contributed by atoms with Crippen molar-refractivity contribution in [3.63, 3.8) is 0 Å². The average molecular weight is 274 g/mol. The smallest absolute Gasteiger partial charge is 0.545 e. The van der Waals surface area contributed by atoms with Crippen LogP contribution in [-0.4, -0.2) is 52.3 Å².